The van der Waals surface area contributed by atoms with Gasteiger partial charge in [-0.1, -0.05) is 31.2 Å². The Kier molecular flexibility index (Phi) is 7.61. The molecule has 2 aromatic carbocycles. The summed E-state index contributed by atoms with van der Waals surface area (Å²) in [5.41, 5.74) is 8.37. The van der Waals surface area contributed by atoms with E-state index in [-0.39, 0.29) is 5.92 Å². The molecular formula is C21H29NO3. The Balaban J connectivity index is 2.23. The molecule has 0 aromatic heterocycles. The van der Waals surface area contributed by atoms with Gasteiger partial charge in [0, 0.05) is 5.92 Å². The Morgan fingerprint density at radius 2 is 1.76 bits per heavy atom. The normalized spacial score (nSPS) is 11.8. The predicted molar refractivity (Wildman–Crippen MR) is 102 cm³/mol. The maximum atomic E-state index is 6.06. The van der Waals surface area contributed by atoms with Gasteiger partial charge in [-0.25, -0.2) is 0 Å². The Morgan fingerprint density at radius 3 is 2.44 bits per heavy atom. The first-order chi connectivity index (χ1) is 12.2. The number of hydrogen-bond donors (Lipinski definition) is 1. The average Bonchev–Trinajstić information content (AvgIpc) is 2.65. The molecule has 0 aliphatic rings. The van der Waals surface area contributed by atoms with Gasteiger partial charge in [0.1, 0.15) is 5.75 Å². The molecule has 0 aliphatic heterocycles. The Labute approximate surface area is 150 Å². The zero-order valence-corrected chi connectivity index (χ0v) is 15.5. The fourth-order valence-electron chi connectivity index (χ4n) is 2.89. The van der Waals surface area contributed by atoms with Crippen molar-refractivity contribution >= 4 is 0 Å². The van der Waals surface area contributed by atoms with Crippen molar-refractivity contribution in [2.75, 3.05) is 26.9 Å². The lowest BCUT2D eigenvalue weighted by Gasteiger charge is -2.19. The summed E-state index contributed by atoms with van der Waals surface area (Å²) in [6.07, 6.45) is 1.79. The molecule has 1 unspecified atom stereocenters. The lowest BCUT2D eigenvalue weighted by molar-refractivity contribution is 0.276. The van der Waals surface area contributed by atoms with Gasteiger partial charge in [0.2, 0.25) is 0 Å². The van der Waals surface area contributed by atoms with Gasteiger partial charge >= 0.3 is 0 Å². The van der Waals surface area contributed by atoms with E-state index in [1.54, 1.807) is 7.11 Å². The van der Waals surface area contributed by atoms with E-state index in [4.69, 9.17) is 19.9 Å². The average molecular weight is 343 g/mol. The van der Waals surface area contributed by atoms with E-state index >= 15 is 0 Å². The van der Waals surface area contributed by atoms with Gasteiger partial charge in [-0.3, -0.25) is 0 Å². The zero-order chi connectivity index (χ0) is 18.1. The third kappa shape index (κ3) is 5.13. The van der Waals surface area contributed by atoms with Crippen LogP contribution in [-0.4, -0.2) is 26.9 Å². The molecule has 136 valence electrons. The van der Waals surface area contributed by atoms with E-state index in [9.17, 15) is 0 Å². The molecule has 2 rings (SSSR count). The van der Waals surface area contributed by atoms with Crippen LogP contribution in [0.25, 0.3) is 0 Å². The maximum absolute atomic E-state index is 6.06. The van der Waals surface area contributed by atoms with Crippen molar-refractivity contribution in [2.24, 2.45) is 5.73 Å². The molecule has 0 aliphatic carbocycles. The molecule has 0 fully saturated rings. The first-order valence-corrected chi connectivity index (χ1v) is 8.94. The van der Waals surface area contributed by atoms with Crippen molar-refractivity contribution < 1.29 is 14.2 Å². The largest absolute Gasteiger partial charge is 0.496 e. The summed E-state index contributed by atoms with van der Waals surface area (Å²) in [7, 11) is 1.69. The molecule has 0 amide bonds. The lowest BCUT2D eigenvalue weighted by atomic mass is 9.91. The number of para-hydroxylation sites is 1. The third-order valence-corrected chi connectivity index (χ3v) is 4.12. The van der Waals surface area contributed by atoms with Crippen molar-refractivity contribution in [1.82, 2.24) is 0 Å². The molecule has 0 radical (unpaired) electrons. The second kappa shape index (κ2) is 9.94. The summed E-state index contributed by atoms with van der Waals surface area (Å²) in [6, 6.07) is 14.2. The minimum absolute atomic E-state index is 0.188. The van der Waals surface area contributed by atoms with Gasteiger partial charge in [-0.2, -0.15) is 0 Å². The lowest BCUT2D eigenvalue weighted by Crippen LogP contribution is -2.16. The molecule has 4 heteroatoms. The first-order valence-electron chi connectivity index (χ1n) is 8.94. The van der Waals surface area contributed by atoms with Crippen LogP contribution in [-0.2, 0) is 6.42 Å². The summed E-state index contributed by atoms with van der Waals surface area (Å²) in [5, 5.41) is 0. The van der Waals surface area contributed by atoms with E-state index < -0.39 is 0 Å². The molecule has 0 spiro atoms. The molecule has 0 heterocycles. The second-order valence-electron chi connectivity index (χ2n) is 5.94. The molecule has 2 N–H and O–H groups in total. The van der Waals surface area contributed by atoms with Gasteiger partial charge in [0.15, 0.2) is 11.5 Å². The van der Waals surface area contributed by atoms with Crippen molar-refractivity contribution in [2.45, 2.75) is 32.6 Å². The number of nitrogens with two attached hydrogens (primary N) is 1. The van der Waals surface area contributed by atoms with E-state index in [1.165, 1.54) is 5.56 Å². The summed E-state index contributed by atoms with van der Waals surface area (Å²) in [6.45, 7) is 5.92. The Morgan fingerprint density at radius 1 is 0.960 bits per heavy atom. The van der Waals surface area contributed by atoms with Crippen LogP contribution in [0.15, 0.2) is 42.5 Å². The van der Waals surface area contributed by atoms with Crippen LogP contribution in [0, 0.1) is 0 Å². The maximum Gasteiger partial charge on any atom is 0.161 e. The van der Waals surface area contributed by atoms with Gasteiger partial charge in [-0.05, 0) is 55.6 Å². The molecule has 2 aromatic rings. The van der Waals surface area contributed by atoms with Crippen molar-refractivity contribution in [3.63, 3.8) is 0 Å². The molecule has 0 bridgehead atoms. The minimum atomic E-state index is 0.188. The van der Waals surface area contributed by atoms with E-state index in [1.807, 2.05) is 31.2 Å². The molecule has 25 heavy (non-hydrogen) atoms. The smallest absolute Gasteiger partial charge is 0.161 e. The molecule has 0 saturated heterocycles. The van der Waals surface area contributed by atoms with Crippen LogP contribution in [0.1, 0.15) is 37.3 Å². The first kappa shape index (κ1) is 19.1. The van der Waals surface area contributed by atoms with Gasteiger partial charge in [-0.15, -0.1) is 0 Å². The highest BCUT2D eigenvalue weighted by Gasteiger charge is 2.16. The quantitative estimate of drug-likeness (QED) is 0.703. The molecule has 4 nitrogen and oxygen atoms in total. The van der Waals surface area contributed by atoms with Gasteiger partial charge in [0.05, 0.1) is 20.3 Å². The van der Waals surface area contributed by atoms with E-state index in [2.05, 4.69) is 25.1 Å². The highest BCUT2D eigenvalue weighted by molar-refractivity contribution is 5.44. The fourth-order valence-corrected chi connectivity index (χ4v) is 2.89. The topological polar surface area (TPSA) is 53.7 Å². The molecule has 1 atom stereocenters. The highest BCUT2D eigenvalue weighted by Crippen LogP contribution is 2.33. The van der Waals surface area contributed by atoms with Gasteiger partial charge < -0.3 is 19.9 Å². The van der Waals surface area contributed by atoms with Crippen LogP contribution >= 0.6 is 0 Å². The summed E-state index contributed by atoms with van der Waals surface area (Å²) >= 11 is 0. The predicted octanol–water partition coefficient (Wildman–Crippen LogP) is 4.17. The number of methoxy groups -OCH3 is 1. The van der Waals surface area contributed by atoms with Crippen LogP contribution in [0.4, 0.5) is 0 Å². The number of hydrogen-bond acceptors (Lipinski definition) is 4. The van der Waals surface area contributed by atoms with Crippen molar-refractivity contribution in [1.29, 1.82) is 0 Å². The number of benzene rings is 2. The van der Waals surface area contributed by atoms with E-state index in [0.717, 1.165) is 35.7 Å². The van der Waals surface area contributed by atoms with Gasteiger partial charge in [0.25, 0.3) is 0 Å². The zero-order valence-electron chi connectivity index (χ0n) is 15.5. The molecular weight excluding hydrogens is 314 g/mol. The van der Waals surface area contributed by atoms with E-state index in [0.29, 0.717) is 19.8 Å². The summed E-state index contributed by atoms with van der Waals surface area (Å²) in [5.74, 6) is 2.66. The summed E-state index contributed by atoms with van der Waals surface area (Å²) < 4.78 is 17.0. The van der Waals surface area contributed by atoms with Crippen LogP contribution < -0.4 is 19.9 Å². The third-order valence-electron chi connectivity index (χ3n) is 4.12. The monoisotopic (exact) mass is 343 g/mol. The summed E-state index contributed by atoms with van der Waals surface area (Å²) in [4.78, 5) is 0. The van der Waals surface area contributed by atoms with Crippen molar-refractivity contribution in [3.05, 3.63) is 53.6 Å². The highest BCUT2D eigenvalue weighted by atomic mass is 16.5. The Hall–Kier alpha value is -2.20. The molecule has 0 saturated carbocycles. The SMILES string of the molecule is CCCOc1ccc(CC(CN)c2ccccc2OC)cc1OCC. The van der Waals surface area contributed by atoms with Crippen LogP contribution in [0.2, 0.25) is 0 Å². The fraction of sp³-hybridized carbons (Fsp3) is 0.429. The second-order valence-corrected chi connectivity index (χ2v) is 5.94. The van der Waals surface area contributed by atoms with Crippen LogP contribution in [0.3, 0.4) is 0 Å². The standard InChI is InChI=1S/C21H29NO3/c1-4-12-25-20-11-10-16(14-21(20)24-5-2)13-17(15-22)18-8-6-7-9-19(18)23-3/h6-11,14,17H,4-5,12-13,15,22H2,1-3H3. The van der Waals surface area contributed by atoms with Crippen molar-refractivity contribution in [3.8, 4) is 17.2 Å². The minimum Gasteiger partial charge on any atom is -0.496 e. The number of rotatable bonds is 10. The van der Waals surface area contributed by atoms with Crippen LogP contribution in [0.5, 0.6) is 17.2 Å². The number of ether oxygens (including phenoxy) is 3. The Bertz CT molecular complexity index is 657.